The Balaban J connectivity index is 1.68. The van der Waals surface area contributed by atoms with Crippen molar-refractivity contribution in [2.45, 2.75) is 71.8 Å². The van der Waals surface area contributed by atoms with Crippen LogP contribution in [-0.4, -0.2) is 36.5 Å². The summed E-state index contributed by atoms with van der Waals surface area (Å²) < 4.78 is 0. The van der Waals surface area contributed by atoms with Gasteiger partial charge in [-0.1, -0.05) is 44.0 Å². The summed E-state index contributed by atoms with van der Waals surface area (Å²) in [5.41, 5.74) is 9.06. The molecule has 2 unspecified atom stereocenters. The van der Waals surface area contributed by atoms with E-state index in [9.17, 15) is 0 Å². The van der Waals surface area contributed by atoms with E-state index >= 15 is 0 Å². The number of hydrazine groups is 1. The second kappa shape index (κ2) is 8.79. The summed E-state index contributed by atoms with van der Waals surface area (Å²) in [5.74, 6) is 2.07. The van der Waals surface area contributed by atoms with Crippen LogP contribution in [0.2, 0.25) is 0 Å². The van der Waals surface area contributed by atoms with Gasteiger partial charge >= 0.3 is 0 Å². The van der Waals surface area contributed by atoms with E-state index in [2.05, 4.69) is 60.4 Å². The molecule has 3 aliphatic rings. The highest BCUT2D eigenvalue weighted by Gasteiger charge is 2.36. The molecule has 1 aliphatic carbocycles. The highest BCUT2D eigenvalue weighted by Crippen LogP contribution is 2.34. The van der Waals surface area contributed by atoms with Gasteiger partial charge in [0.2, 0.25) is 0 Å². The maximum Gasteiger partial charge on any atom is 0.141 e. The summed E-state index contributed by atoms with van der Waals surface area (Å²) in [6.07, 6.45) is 11.6. The van der Waals surface area contributed by atoms with Gasteiger partial charge in [0.25, 0.3) is 0 Å². The van der Waals surface area contributed by atoms with Crippen LogP contribution in [0.5, 0.6) is 0 Å². The van der Waals surface area contributed by atoms with Crippen molar-refractivity contribution in [3.8, 4) is 0 Å². The van der Waals surface area contributed by atoms with Crippen molar-refractivity contribution >= 4 is 11.5 Å². The molecule has 0 bridgehead atoms. The van der Waals surface area contributed by atoms with Crippen molar-refractivity contribution in [2.75, 3.05) is 24.8 Å². The number of anilines is 1. The number of nitrogens with zero attached hydrogens (tertiary/aromatic N) is 3. The number of amidine groups is 1. The predicted molar refractivity (Wildman–Crippen MR) is 119 cm³/mol. The van der Waals surface area contributed by atoms with Crippen molar-refractivity contribution < 1.29 is 0 Å². The summed E-state index contributed by atoms with van der Waals surface area (Å²) in [6, 6.07) is 6.90. The van der Waals surface area contributed by atoms with E-state index in [0.717, 1.165) is 5.92 Å². The summed E-state index contributed by atoms with van der Waals surface area (Å²) >= 11 is 0. The second-order valence-corrected chi connectivity index (χ2v) is 8.74. The number of allylic oxidation sites excluding steroid dienone is 1. The number of hydrogen-bond donors (Lipinski definition) is 1. The van der Waals surface area contributed by atoms with Gasteiger partial charge in [0, 0.05) is 0 Å². The van der Waals surface area contributed by atoms with Gasteiger partial charge in [-0.05, 0) is 81.7 Å². The zero-order chi connectivity index (χ0) is 19.5. The van der Waals surface area contributed by atoms with Crippen molar-refractivity contribution in [3.63, 3.8) is 0 Å². The molecule has 1 aromatic carbocycles. The molecule has 4 rings (SSSR count). The van der Waals surface area contributed by atoms with Gasteiger partial charge in [0.1, 0.15) is 12.5 Å². The molecular formula is C24H36N4. The van der Waals surface area contributed by atoms with Crippen LogP contribution >= 0.6 is 0 Å². The first kappa shape index (κ1) is 19.7. The predicted octanol–water partition coefficient (Wildman–Crippen LogP) is 4.98. The molecule has 2 aliphatic heterocycles. The van der Waals surface area contributed by atoms with Crippen LogP contribution in [-0.2, 0) is 0 Å². The van der Waals surface area contributed by atoms with E-state index in [1.807, 2.05) is 0 Å². The molecule has 0 spiro atoms. The third-order valence-electron chi connectivity index (χ3n) is 6.85. The Bertz CT molecular complexity index is 725. The normalized spacial score (nSPS) is 24.8. The van der Waals surface area contributed by atoms with Gasteiger partial charge in [-0.25, -0.2) is 5.43 Å². The number of para-hydroxylation sites is 1. The lowest BCUT2D eigenvalue weighted by atomic mass is 9.84. The van der Waals surface area contributed by atoms with Crippen LogP contribution in [0.4, 0.5) is 5.69 Å². The average molecular weight is 381 g/mol. The minimum Gasteiger partial charge on any atom is -0.290 e. The highest BCUT2D eigenvalue weighted by atomic mass is 15.6. The van der Waals surface area contributed by atoms with Crippen LogP contribution < -0.4 is 10.4 Å². The first-order chi connectivity index (χ1) is 13.7. The number of aliphatic imine (C=N–C) groups is 1. The van der Waals surface area contributed by atoms with Crippen molar-refractivity contribution in [1.29, 1.82) is 0 Å². The Kier molecular flexibility index (Phi) is 6.17. The Morgan fingerprint density at radius 1 is 1.14 bits per heavy atom. The minimum absolute atomic E-state index is 0.326. The van der Waals surface area contributed by atoms with Crippen LogP contribution in [0.25, 0.3) is 0 Å². The smallest absolute Gasteiger partial charge is 0.141 e. The maximum atomic E-state index is 5.01. The third-order valence-corrected chi connectivity index (χ3v) is 6.85. The largest absolute Gasteiger partial charge is 0.290 e. The summed E-state index contributed by atoms with van der Waals surface area (Å²) in [6.45, 7) is 9.82. The summed E-state index contributed by atoms with van der Waals surface area (Å²) in [5, 5.41) is 2.30. The zero-order valence-electron chi connectivity index (χ0n) is 17.9. The monoisotopic (exact) mass is 380 g/mol. The molecular weight excluding hydrogens is 344 g/mol. The van der Waals surface area contributed by atoms with E-state index in [0.29, 0.717) is 12.7 Å². The van der Waals surface area contributed by atoms with Gasteiger partial charge in [0.05, 0.1) is 11.7 Å². The molecule has 1 saturated heterocycles. The molecule has 152 valence electrons. The van der Waals surface area contributed by atoms with Gasteiger partial charge in [-0.2, -0.15) is 0 Å². The molecule has 2 heterocycles. The van der Waals surface area contributed by atoms with Crippen LogP contribution in [0.15, 0.2) is 34.8 Å². The van der Waals surface area contributed by atoms with E-state index in [4.69, 9.17) is 4.99 Å². The fourth-order valence-corrected chi connectivity index (χ4v) is 5.17. The molecule has 28 heavy (non-hydrogen) atoms. The minimum atomic E-state index is 0.326. The third kappa shape index (κ3) is 3.90. The zero-order valence-corrected chi connectivity index (χ0v) is 17.9. The molecule has 0 radical (unpaired) electrons. The fraction of sp³-hybridized carbons (Fsp3) is 0.625. The number of piperidine rings is 1. The molecule has 0 aromatic heterocycles. The fourth-order valence-electron chi connectivity index (χ4n) is 5.17. The number of hydrogen-bond acceptors (Lipinski definition) is 4. The Morgan fingerprint density at radius 2 is 1.89 bits per heavy atom. The first-order valence-electron chi connectivity index (χ1n) is 11.3. The molecule has 1 aromatic rings. The SMILES string of the molecule is CCC1CC=C(C(C2=NCNN2c2c(C)cccc2C)N2CCCCC2)CC1. The lowest BCUT2D eigenvalue weighted by Crippen LogP contribution is -2.53. The van der Waals surface area contributed by atoms with Crippen molar-refractivity contribution in [2.24, 2.45) is 10.9 Å². The number of aryl methyl sites for hydroxylation is 2. The molecule has 2 atom stereocenters. The van der Waals surface area contributed by atoms with Gasteiger partial charge in [0.15, 0.2) is 0 Å². The molecule has 1 N–H and O–H groups in total. The maximum absolute atomic E-state index is 5.01. The van der Waals surface area contributed by atoms with E-state index < -0.39 is 0 Å². The molecule has 4 heteroatoms. The van der Waals surface area contributed by atoms with Crippen LogP contribution in [0.3, 0.4) is 0 Å². The van der Waals surface area contributed by atoms with Crippen LogP contribution in [0, 0.1) is 19.8 Å². The van der Waals surface area contributed by atoms with Gasteiger partial charge in [-0.15, -0.1) is 0 Å². The molecule has 0 amide bonds. The molecule has 0 saturated carbocycles. The van der Waals surface area contributed by atoms with Gasteiger partial charge < -0.3 is 0 Å². The summed E-state index contributed by atoms with van der Waals surface area (Å²) in [7, 11) is 0. The highest BCUT2D eigenvalue weighted by molar-refractivity contribution is 6.04. The summed E-state index contributed by atoms with van der Waals surface area (Å²) in [4.78, 5) is 7.72. The number of benzene rings is 1. The Hall–Kier alpha value is -1.65. The number of likely N-dealkylation sites (tertiary alicyclic amines) is 1. The van der Waals surface area contributed by atoms with E-state index in [-0.39, 0.29) is 0 Å². The average Bonchev–Trinajstić information content (AvgIpc) is 3.18. The lowest BCUT2D eigenvalue weighted by Gasteiger charge is -2.40. The second-order valence-electron chi connectivity index (χ2n) is 8.74. The van der Waals surface area contributed by atoms with Crippen LogP contribution in [0.1, 0.15) is 63.0 Å². The first-order valence-corrected chi connectivity index (χ1v) is 11.3. The quantitative estimate of drug-likeness (QED) is 0.731. The van der Waals surface area contributed by atoms with Crippen molar-refractivity contribution in [3.05, 3.63) is 41.0 Å². The van der Waals surface area contributed by atoms with Gasteiger partial charge in [-0.3, -0.25) is 14.9 Å². The lowest BCUT2D eigenvalue weighted by molar-refractivity contribution is 0.212. The van der Waals surface area contributed by atoms with Crippen molar-refractivity contribution in [1.82, 2.24) is 10.3 Å². The Morgan fingerprint density at radius 3 is 2.54 bits per heavy atom. The van der Waals surface area contributed by atoms with E-state index in [1.165, 1.54) is 80.7 Å². The Labute approximate surface area is 170 Å². The number of rotatable bonds is 5. The molecule has 4 nitrogen and oxygen atoms in total. The molecule has 1 fully saturated rings. The topological polar surface area (TPSA) is 30.9 Å². The van der Waals surface area contributed by atoms with E-state index in [1.54, 1.807) is 5.57 Å². The number of nitrogens with one attached hydrogen (secondary N) is 1. The standard InChI is InChI=1S/C24H36N4/c1-4-20-11-13-21(14-12-20)23(27-15-6-5-7-16-27)24-25-17-26-28(24)22-18(2)9-8-10-19(22)3/h8-10,13,20,23,26H,4-7,11-12,14-17H2,1-3H3.